The van der Waals surface area contributed by atoms with Crippen molar-refractivity contribution in [1.29, 1.82) is 0 Å². The Kier molecular flexibility index (Phi) is 8.67. The van der Waals surface area contributed by atoms with E-state index in [-0.39, 0.29) is 5.41 Å². The third-order valence-corrected chi connectivity index (χ3v) is 4.72. The van der Waals surface area contributed by atoms with Gasteiger partial charge in [0.2, 0.25) is 0 Å². The Morgan fingerprint density at radius 1 is 0.727 bits per heavy atom. The van der Waals surface area contributed by atoms with Gasteiger partial charge in [-0.15, -0.1) is 0 Å². The van der Waals surface area contributed by atoms with Gasteiger partial charge in [-0.1, -0.05) is 72.1 Å². The minimum Gasteiger partial charge on any atom is -0.207 e. The molecule has 1 aromatic rings. The minimum atomic E-state index is -0.456. The van der Waals surface area contributed by atoms with Crippen LogP contribution in [-0.2, 0) is 5.41 Å². The van der Waals surface area contributed by atoms with Crippen LogP contribution in [-0.4, -0.2) is 0 Å². The summed E-state index contributed by atoms with van der Waals surface area (Å²) in [6, 6.07) is 4.03. The molecule has 0 nitrogen and oxygen atoms in total. The first-order valence-electron chi connectivity index (χ1n) is 8.98. The second-order valence-corrected chi connectivity index (χ2v) is 6.84. The van der Waals surface area contributed by atoms with Gasteiger partial charge in [0.25, 0.3) is 0 Å². The van der Waals surface area contributed by atoms with Crippen LogP contribution in [0.4, 0.5) is 8.78 Å². The molecular weight excluding hydrogens is 278 g/mol. The van der Waals surface area contributed by atoms with Gasteiger partial charge in [-0.05, 0) is 36.0 Å². The Hall–Kier alpha value is -0.920. The third-order valence-electron chi connectivity index (χ3n) is 4.72. The number of hydrogen-bond acceptors (Lipinski definition) is 0. The minimum absolute atomic E-state index is 0.107. The summed E-state index contributed by atoms with van der Waals surface area (Å²) in [5.41, 5.74) is 0.723. The summed E-state index contributed by atoms with van der Waals surface area (Å²) in [6.45, 7) is 6.57. The predicted octanol–water partition coefficient (Wildman–Crippen LogP) is 7.16. The summed E-state index contributed by atoms with van der Waals surface area (Å²) in [7, 11) is 0. The molecule has 0 aliphatic carbocycles. The second kappa shape index (κ2) is 9.97. The molecule has 0 amide bonds. The van der Waals surface area contributed by atoms with Gasteiger partial charge in [0.05, 0.1) is 0 Å². The van der Waals surface area contributed by atoms with Gasteiger partial charge in [0, 0.05) is 6.07 Å². The van der Waals surface area contributed by atoms with E-state index in [4.69, 9.17) is 0 Å². The van der Waals surface area contributed by atoms with Crippen LogP contribution in [0, 0.1) is 11.6 Å². The average molecular weight is 310 g/mol. The van der Waals surface area contributed by atoms with E-state index in [0.29, 0.717) is 0 Å². The Balaban J connectivity index is 2.76. The van der Waals surface area contributed by atoms with Crippen molar-refractivity contribution < 1.29 is 8.78 Å². The smallest absolute Gasteiger partial charge is 0.126 e. The fourth-order valence-electron chi connectivity index (χ4n) is 3.20. The van der Waals surface area contributed by atoms with Gasteiger partial charge in [0.1, 0.15) is 11.6 Å². The maximum atomic E-state index is 13.6. The topological polar surface area (TPSA) is 0 Å². The van der Waals surface area contributed by atoms with Crippen molar-refractivity contribution in [2.24, 2.45) is 0 Å². The van der Waals surface area contributed by atoms with E-state index >= 15 is 0 Å². The van der Waals surface area contributed by atoms with E-state index in [1.54, 1.807) is 0 Å². The Bertz CT molecular complexity index is 407. The molecule has 126 valence electrons. The van der Waals surface area contributed by atoms with Crippen molar-refractivity contribution in [2.75, 3.05) is 0 Å². The molecule has 1 rings (SSSR count). The molecule has 0 aromatic heterocycles. The highest BCUT2D eigenvalue weighted by molar-refractivity contribution is 5.26. The molecular formula is C20H32F2. The highest BCUT2D eigenvalue weighted by Crippen LogP contribution is 2.36. The zero-order valence-corrected chi connectivity index (χ0v) is 14.6. The van der Waals surface area contributed by atoms with Gasteiger partial charge in [0.15, 0.2) is 0 Å². The van der Waals surface area contributed by atoms with Crippen molar-refractivity contribution in [3.63, 3.8) is 0 Å². The van der Waals surface area contributed by atoms with E-state index in [1.807, 2.05) is 0 Å². The molecule has 0 spiro atoms. The lowest BCUT2D eigenvalue weighted by molar-refractivity contribution is 0.361. The summed E-state index contributed by atoms with van der Waals surface area (Å²) >= 11 is 0. The molecule has 0 aliphatic rings. The first-order valence-corrected chi connectivity index (χ1v) is 8.98. The van der Waals surface area contributed by atoms with Crippen LogP contribution in [0.5, 0.6) is 0 Å². The van der Waals surface area contributed by atoms with Crippen LogP contribution >= 0.6 is 0 Å². The number of benzene rings is 1. The van der Waals surface area contributed by atoms with Crippen LogP contribution in [0.25, 0.3) is 0 Å². The number of hydrogen-bond donors (Lipinski definition) is 0. The summed E-state index contributed by atoms with van der Waals surface area (Å²) < 4.78 is 27.2. The van der Waals surface area contributed by atoms with Crippen molar-refractivity contribution in [3.8, 4) is 0 Å². The van der Waals surface area contributed by atoms with Crippen LogP contribution in [0.3, 0.4) is 0 Å². The average Bonchev–Trinajstić information content (AvgIpc) is 2.46. The fourth-order valence-corrected chi connectivity index (χ4v) is 3.20. The van der Waals surface area contributed by atoms with Gasteiger partial charge in [-0.3, -0.25) is 0 Å². The fraction of sp³-hybridized carbons (Fsp3) is 0.700. The number of halogens is 2. The van der Waals surface area contributed by atoms with Crippen molar-refractivity contribution in [1.82, 2.24) is 0 Å². The van der Waals surface area contributed by atoms with Gasteiger partial charge >= 0.3 is 0 Å². The van der Waals surface area contributed by atoms with Crippen LogP contribution in [0.15, 0.2) is 18.2 Å². The van der Waals surface area contributed by atoms with Gasteiger partial charge in [-0.25, -0.2) is 8.78 Å². The van der Waals surface area contributed by atoms with Gasteiger partial charge in [-0.2, -0.15) is 0 Å². The Labute approximate surface area is 135 Å². The maximum Gasteiger partial charge on any atom is 0.126 e. The summed E-state index contributed by atoms with van der Waals surface area (Å²) in [5.74, 6) is -0.912. The summed E-state index contributed by atoms with van der Waals surface area (Å²) in [5, 5.41) is 0. The number of unbranched alkanes of at least 4 members (excludes halogenated alkanes) is 6. The van der Waals surface area contributed by atoms with E-state index in [0.717, 1.165) is 37.3 Å². The number of rotatable bonds is 11. The molecule has 1 aromatic carbocycles. The lowest BCUT2D eigenvalue weighted by Crippen LogP contribution is -2.22. The molecule has 0 saturated carbocycles. The molecule has 0 saturated heterocycles. The lowest BCUT2D eigenvalue weighted by atomic mass is 9.74. The SMILES string of the molecule is CCCCCCCC(C)(CCCCC)c1cc(F)cc(F)c1. The largest absolute Gasteiger partial charge is 0.207 e. The quantitative estimate of drug-likeness (QED) is 0.380. The molecule has 22 heavy (non-hydrogen) atoms. The molecule has 2 heteroatoms. The van der Waals surface area contributed by atoms with Crippen LogP contribution < -0.4 is 0 Å². The second-order valence-electron chi connectivity index (χ2n) is 6.84. The van der Waals surface area contributed by atoms with E-state index in [2.05, 4.69) is 20.8 Å². The zero-order chi connectivity index (χ0) is 16.4. The molecule has 0 radical (unpaired) electrons. The summed E-state index contributed by atoms with van der Waals surface area (Å²) in [6.07, 6.45) is 11.6. The molecule has 0 heterocycles. The zero-order valence-electron chi connectivity index (χ0n) is 14.6. The van der Waals surface area contributed by atoms with E-state index < -0.39 is 11.6 Å². The molecule has 0 aliphatic heterocycles. The molecule has 1 unspecified atom stereocenters. The van der Waals surface area contributed by atoms with Crippen LogP contribution in [0.2, 0.25) is 0 Å². The standard InChI is InChI=1S/C20H32F2/c1-4-6-8-9-11-13-20(3,12-10-7-5-2)17-14-18(21)16-19(22)15-17/h14-16H,4-13H2,1-3H3. The maximum absolute atomic E-state index is 13.6. The van der Waals surface area contributed by atoms with Crippen molar-refractivity contribution >= 4 is 0 Å². The van der Waals surface area contributed by atoms with Crippen LogP contribution in [0.1, 0.15) is 90.5 Å². The lowest BCUT2D eigenvalue weighted by Gasteiger charge is -2.31. The Morgan fingerprint density at radius 2 is 1.18 bits per heavy atom. The third kappa shape index (κ3) is 6.46. The first-order chi connectivity index (χ1) is 10.5. The van der Waals surface area contributed by atoms with E-state index in [1.165, 1.54) is 50.7 Å². The van der Waals surface area contributed by atoms with Gasteiger partial charge < -0.3 is 0 Å². The molecule has 1 atom stereocenters. The van der Waals surface area contributed by atoms with Crippen molar-refractivity contribution in [3.05, 3.63) is 35.4 Å². The summed E-state index contributed by atoms with van der Waals surface area (Å²) in [4.78, 5) is 0. The van der Waals surface area contributed by atoms with Crippen molar-refractivity contribution in [2.45, 2.75) is 90.4 Å². The normalized spacial score (nSPS) is 14.0. The highest BCUT2D eigenvalue weighted by Gasteiger charge is 2.26. The monoisotopic (exact) mass is 310 g/mol. The first kappa shape index (κ1) is 19.1. The molecule has 0 fully saturated rings. The Morgan fingerprint density at radius 3 is 1.73 bits per heavy atom. The predicted molar refractivity (Wildman–Crippen MR) is 91.2 cm³/mol. The van der Waals surface area contributed by atoms with E-state index in [9.17, 15) is 8.78 Å². The molecule has 0 N–H and O–H groups in total. The highest BCUT2D eigenvalue weighted by atomic mass is 19.1. The molecule has 0 bridgehead atoms.